The number of hydrogen-bond donors (Lipinski definition) is 1. The quantitative estimate of drug-likeness (QED) is 0.664. The molecule has 1 unspecified atom stereocenters. The van der Waals surface area contributed by atoms with Gasteiger partial charge in [-0.25, -0.2) is 8.42 Å². The number of sulfonamides is 1. The molecule has 1 aromatic carbocycles. The molecule has 0 aliphatic carbocycles. The Morgan fingerprint density at radius 2 is 2.00 bits per heavy atom. The van der Waals surface area contributed by atoms with Crippen molar-refractivity contribution < 1.29 is 17.6 Å². The summed E-state index contributed by atoms with van der Waals surface area (Å²) in [5.74, 6) is -0.181. The second kappa shape index (κ2) is 7.69. The zero-order valence-electron chi connectivity index (χ0n) is 16.0. The maximum absolute atomic E-state index is 12.8. The highest BCUT2D eigenvalue weighted by Gasteiger charge is 2.40. The van der Waals surface area contributed by atoms with Crippen molar-refractivity contribution in [1.29, 1.82) is 0 Å². The fraction of sp³-hybridized carbons (Fsp3) is 0.316. The van der Waals surface area contributed by atoms with Gasteiger partial charge in [0.25, 0.3) is 10.0 Å². The fourth-order valence-electron chi connectivity index (χ4n) is 3.49. The van der Waals surface area contributed by atoms with Crippen molar-refractivity contribution in [2.75, 3.05) is 11.9 Å². The minimum atomic E-state index is -3.70. The van der Waals surface area contributed by atoms with E-state index in [1.807, 2.05) is 32.0 Å². The number of aromatic nitrogens is 2. The summed E-state index contributed by atoms with van der Waals surface area (Å²) in [5.41, 5.74) is 2.88. The highest BCUT2D eigenvalue weighted by Crippen LogP contribution is 2.29. The number of nitrogens with one attached hydrogen (secondary N) is 1. The first-order chi connectivity index (χ1) is 13.8. The smallest absolute Gasteiger partial charge is 0.322 e. The number of carbonyl (C=O) groups is 1. The number of thiophene rings is 1. The molecule has 2 aromatic heterocycles. The van der Waals surface area contributed by atoms with E-state index in [0.717, 1.165) is 28.0 Å². The SMILES string of the molecule is Cc1cc(C)cc(-c2nnc(NC(=O)C3CCCN3S(=O)(=O)c3cccs3)o2)c1. The molecule has 29 heavy (non-hydrogen) atoms. The van der Waals surface area contributed by atoms with Crippen LogP contribution < -0.4 is 5.32 Å². The first-order valence-electron chi connectivity index (χ1n) is 9.13. The average Bonchev–Trinajstić information content (AvgIpc) is 3.41. The predicted molar refractivity (Wildman–Crippen MR) is 109 cm³/mol. The van der Waals surface area contributed by atoms with Crippen LogP contribution in [0.2, 0.25) is 0 Å². The maximum Gasteiger partial charge on any atom is 0.322 e. The molecule has 8 nitrogen and oxygen atoms in total. The summed E-state index contributed by atoms with van der Waals surface area (Å²) in [6.07, 6.45) is 1.05. The van der Waals surface area contributed by atoms with Crippen LogP contribution in [-0.2, 0) is 14.8 Å². The topological polar surface area (TPSA) is 105 Å². The molecule has 1 aliphatic heterocycles. The summed E-state index contributed by atoms with van der Waals surface area (Å²) < 4.78 is 32.7. The second-order valence-electron chi connectivity index (χ2n) is 6.98. The monoisotopic (exact) mass is 432 g/mol. The van der Waals surface area contributed by atoms with Gasteiger partial charge in [0.2, 0.25) is 11.8 Å². The Hall–Kier alpha value is -2.56. The van der Waals surface area contributed by atoms with Gasteiger partial charge in [-0.05, 0) is 50.3 Å². The van der Waals surface area contributed by atoms with Gasteiger partial charge in [0.1, 0.15) is 10.3 Å². The van der Waals surface area contributed by atoms with Crippen LogP contribution in [-0.4, -0.2) is 41.4 Å². The molecule has 1 amide bonds. The lowest BCUT2D eigenvalue weighted by Gasteiger charge is -2.21. The molecule has 1 aliphatic rings. The Morgan fingerprint density at radius 3 is 2.69 bits per heavy atom. The van der Waals surface area contributed by atoms with E-state index < -0.39 is 22.0 Å². The first kappa shape index (κ1) is 19.7. The van der Waals surface area contributed by atoms with E-state index in [2.05, 4.69) is 15.5 Å². The third-order valence-electron chi connectivity index (χ3n) is 4.69. The van der Waals surface area contributed by atoms with Crippen LogP contribution >= 0.6 is 11.3 Å². The van der Waals surface area contributed by atoms with Crippen molar-refractivity contribution in [2.24, 2.45) is 0 Å². The first-order valence-corrected chi connectivity index (χ1v) is 11.4. The highest BCUT2D eigenvalue weighted by molar-refractivity contribution is 7.91. The molecule has 0 radical (unpaired) electrons. The normalized spacial score (nSPS) is 17.5. The van der Waals surface area contributed by atoms with Crippen molar-refractivity contribution in [3.63, 3.8) is 0 Å². The van der Waals surface area contributed by atoms with E-state index >= 15 is 0 Å². The summed E-state index contributed by atoms with van der Waals surface area (Å²) in [4.78, 5) is 12.8. The van der Waals surface area contributed by atoms with E-state index in [1.54, 1.807) is 17.5 Å². The van der Waals surface area contributed by atoms with Crippen LogP contribution in [0.25, 0.3) is 11.5 Å². The van der Waals surface area contributed by atoms with Gasteiger partial charge in [0, 0.05) is 12.1 Å². The number of amides is 1. The van der Waals surface area contributed by atoms with E-state index in [4.69, 9.17) is 4.42 Å². The lowest BCUT2D eigenvalue weighted by molar-refractivity contribution is -0.119. The maximum atomic E-state index is 12.8. The van der Waals surface area contributed by atoms with E-state index in [0.29, 0.717) is 25.3 Å². The van der Waals surface area contributed by atoms with Gasteiger partial charge in [-0.15, -0.1) is 16.4 Å². The van der Waals surface area contributed by atoms with Crippen LogP contribution in [0, 0.1) is 13.8 Å². The van der Waals surface area contributed by atoms with E-state index in [1.165, 1.54) is 4.31 Å². The van der Waals surface area contributed by atoms with Crippen molar-refractivity contribution >= 4 is 33.3 Å². The van der Waals surface area contributed by atoms with Gasteiger partial charge < -0.3 is 4.42 Å². The third-order valence-corrected chi connectivity index (χ3v) is 7.97. The zero-order valence-corrected chi connectivity index (χ0v) is 17.6. The Bertz CT molecular complexity index is 1120. The molecule has 152 valence electrons. The molecule has 1 saturated heterocycles. The Morgan fingerprint density at radius 1 is 1.24 bits per heavy atom. The Labute approximate surface area is 172 Å². The van der Waals surface area contributed by atoms with Crippen LogP contribution in [0.15, 0.2) is 44.3 Å². The van der Waals surface area contributed by atoms with Gasteiger partial charge in [0.05, 0.1) is 0 Å². The molecule has 0 bridgehead atoms. The summed E-state index contributed by atoms with van der Waals surface area (Å²) in [5, 5.41) is 12.1. The third kappa shape index (κ3) is 3.96. The van der Waals surface area contributed by atoms with E-state index in [-0.39, 0.29) is 10.2 Å². The number of benzene rings is 1. The second-order valence-corrected chi connectivity index (χ2v) is 10.0. The number of anilines is 1. The van der Waals surface area contributed by atoms with Gasteiger partial charge in [-0.1, -0.05) is 28.4 Å². The average molecular weight is 433 g/mol. The van der Waals surface area contributed by atoms with Crippen molar-refractivity contribution in [1.82, 2.24) is 14.5 Å². The van der Waals surface area contributed by atoms with Crippen LogP contribution in [0.4, 0.5) is 6.01 Å². The van der Waals surface area contributed by atoms with Crippen molar-refractivity contribution in [3.8, 4) is 11.5 Å². The molecule has 10 heteroatoms. The van der Waals surface area contributed by atoms with E-state index in [9.17, 15) is 13.2 Å². The number of nitrogens with zero attached hydrogens (tertiary/aromatic N) is 3. The lowest BCUT2D eigenvalue weighted by Crippen LogP contribution is -2.42. The number of hydrogen-bond acceptors (Lipinski definition) is 7. The van der Waals surface area contributed by atoms with Crippen molar-refractivity contribution in [2.45, 2.75) is 36.9 Å². The molecule has 1 atom stereocenters. The minimum absolute atomic E-state index is 0.0514. The lowest BCUT2D eigenvalue weighted by atomic mass is 10.1. The molecule has 3 heterocycles. The van der Waals surface area contributed by atoms with Crippen LogP contribution in [0.5, 0.6) is 0 Å². The van der Waals surface area contributed by atoms with Crippen LogP contribution in [0.1, 0.15) is 24.0 Å². The Balaban J connectivity index is 1.51. The van der Waals surface area contributed by atoms with Gasteiger partial charge in [-0.3, -0.25) is 10.1 Å². The molecule has 3 aromatic rings. The molecular formula is C19H20N4O4S2. The number of aryl methyl sites for hydroxylation is 2. The molecule has 1 N–H and O–H groups in total. The predicted octanol–water partition coefficient (Wildman–Crippen LogP) is 3.21. The van der Waals surface area contributed by atoms with Crippen LogP contribution in [0.3, 0.4) is 0 Å². The number of carbonyl (C=O) groups excluding carboxylic acids is 1. The minimum Gasteiger partial charge on any atom is -0.403 e. The standard InChI is InChI=1S/C19H20N4O4S2/c1-12-9-13(2)11-14(10-12)18-21-22-19(27-18)20-17(24)15-5-3-7-23(15)29(25,26)16-6-4-8-28-16/h4,6,8-11,15H,3,5,7H2,1-2H3,(H,20,22,24). The van der Waals surface area contributed by atoms with Gasteiger partial charge >= 0.3 is 6.01 Å². The molecular weight excluding hydrogens is 412 g/mol. The molecule has 0 saturated carbocycles. The summed E-state index contributed by atoms with van der Waals surface area (Å²) in [6, 6.07) is 8.22. The number of rotatable bonds is 5. The fourth-order valence-corrected chi connectivity index (χ4v) is 6.27. The summed E-state index contributed by atoms with van der Waals surface area (Å²) >= 11 is 1.14. The Kier molecular flexibility index (Phi) is 5.24. The van der Waals surface area contributed by atoms with Gasteiger partial charge in [0.15, 0.2) is 0 Å². The van der Waals surface area contributed by atoms with Crippen molar-refractivity contribution in [3.05, 3.63) is 46.8 Å². The molecule has 0 spiro atoms. The largest absolute Gasteiger partial charge is 0.403 e. The van der Waals surface area contributed by atoms with Gasteiger partial charge in [-0.2, -0.15) is 4.31 Å². The highest BCUT2D eigenvalue weighted by atomic mass is 32.2. The summed E-state index contributed by atoms with van der Waals surface area (Å²) in [6.45, 7) is 4.24. The molecule has 4 rings (SSSR count). The zero-order chi connectivity index (χ0) is 20.6. The molecule has 1 fully saturated rings. The summed E-state index contributed by atoms with van der Waals surface area (Å²) in [7, 11) is -3.70.